The predicted octanol–water partition coefficient (Wildman–Crippen LogP) is 7.16. The van der Waals surface area contributed by atoms with Crippen molar-refractivity contribution in [2.75, 3.05) is 59.5 Å². The van der Waals surface area contributed by atoms with Gasteiger partial charge in [-0.15, -0.1) is 0 Å². The molecule has 2 fully saturated rings. The van der Waals surface area contributed by atoms with Crippen molar-refractivity contribution in [3.8, 4) is 22.6 Å². The van der Waals surface area contributed by atoms with Crippen LogP contribution in [0.25, 0.3) is 11.1 Å². The van der Waals surface area contributed by atoms with E-state index in [0.29, 0.717) is 24.5 Å². The van der Waals surface area contributed by atoms with Crippen molar-refractivity contribution in [2.45, 2.75) is 46.0 Å². The van der Waals surface area contributed by atoms with Gasteiger partial charge < -0.3 is 28.4 Å². The summed E-state index contributed by atoms with van der Waals surface area (Å²) in [6.45, 7) is 11.2. The average Bonchev–Trinajstić information content (AvgIpc) is 3.02. The Bertz CT molecular complexity index is 1280. The molecular weight excluding hydrogens is 556 g/mol. The van der Waals surface area contributed by atoms with E-state index in [0.717, 1.165) is 101 Å². The number of hydrogen-bond acceptors (Lipinski definition) is 7. The summed E-state index contributed by atoms with van der Waals surface area (Å²) in [6.07, 6.45) is 4.91. The van der Waals surface area contributed by atoms with Crippen molar-refractivity contribution in [1.29, 1.82) is 0 Å². The van der Waals surface area contributed by atoms with Crippen molar-refractivity contribution in [3.63, 3.8) is 0 Å². The quantitative estimate of drug-likeness (QED) is 0.0869. The predicted molar refractivity (Wildman–Crippen MR) is 170 cm³/mol. The van der Waals surface area contributed by atoms with Gasteiger partial charge in [0.2, 0.25) is 0 Å². The molecule has 44 heavy (non-hydrogen) atoms. The van der Waals surface area contributed by atoms with Crippen LogP contribution in [0, 0.1) is 10.8 Å². The van der Waals surface area contributed by atoms with Gasteiger partial charge in [-0.2, -0.15) is 0 Å². The van der Waals surface area contributed by atoms with E-state index in [1.165, 1.54) is 0 Å². The molecule has 7 nitrogen and oxygen atoms in total. The molecule has 2 aliphatic rings. The SMILES string of the molecule is CCC1(COCCCCOc2ccc(-c3ccc(OC(=O)c4ccc(CCOCC5(CC)COC5)cc4)cc3)cc2)COC1. The Kier molecular flexibility index (Phi) is 11.5. The van der Waals surface area contributed by atoms with Gasteiger partial charge >= 0.3 is 5.97 Å². The zero-order chi connectivity index (χ0) is 30.7. The first-order chi connectivity index (χ1) is 21.5. The van der Waals surface area contributed by atoms with Crippen LogP contribution in [-0.2, 0) is 25.4 Å². The molecule has 2 heterocycles. The lowest BCUT2D eigenvalue weighted by atomic mass is 9.84. The molecular formula is C37H46O7. The lowest BCUT2D eigenvalue weighted by Gasteiger charge is -2.40. The maximum absolute atomic E-state index is 12.7. The van der Waals surface area contributed by atoms with E-state index in [1.807, 2.05) is 72.8 Å². The fourth-order valence-electron chi connectivity index (χ4n) is 5.26. The molecule has 3 aromatic rings. The van der Waals surface area contributed by atoms with E-state index < -0.39 is 0 Å². The molecule has 7 heteroatoms. The van der Waals surface area contributed by atoms with Gasteiger partial charge in [0.05, 0.1) is 58.4 Å². The standard InChI is InChI=1S/C37H46O7/c1-3-36(25-41-26-36)23-39-20-5-6-21-43-33-15-11-30(12-16-33)31-13-17-34(18-14-31)44-35(38)32-9-7-29(8-10-32)19-22-40-24-37(4-2)27-42-28-37/h7-18H,3-6,19-28H2,1-2H3. The number of carbonyl (C=O) groups excluding carboxylic acids is 1. The normalized spacial score (nSPS) is 16.5. The summed E-state index contributed by atoms with van der Waals surface area (Å²) in [5.74, 6) is 0.987. The third-order valence-corrected chi connectivity index (χ3v) is 8.88. The highest BCUT2D eigenvalue weighted by Crippen LogP contribution is 2.32. The Morgan fingerprint density at radius 3 is 1.70 bits per heavy atom. The summed E-state index contributed by atoms with van der Waals surface area (Å²) in [5, 5.41) is 0. The zero-order valence-electron chi connectivity index (χ0n) is 26.2. The average molecular weight is 603 g/mol. The maximum Gasteiger partial charge on any atom is 0.343 e. The van der Waals surface area contributed by atoms with Gasteiger partial charge in [-0.05, 0) is 85.2 Å². The Labute approximate surface area is 261 Å². The van der Waals surface area contributed by atoms with Crippen molar-refractivity contribution in [2.24, 2.45) is 10.8 Å². The highest BCUT2D eigenvalue weighted by molar-refractivity contribution is 5.91. The zero-order valence-corrected chi connectivity index (χ0v) is 26.2. The van der Waals surface area contributed by atoms with E-state index in [4.69, 9.17) is 28.4 Å². The Balaban J connectivity index is 0.990. The fraction of sp³-hybridized carbons (Fsp3) is 0.486. The van der Waals surface area contributed by atoms with Gasteiger partial charge in [0.25, 0.3) is 0 Å². The number of ether oxygens (including phenoxy) is 6. The van der Waals surface area contributed by atoms with Crippen molar-refractivity contribution >= 4 is 5.97 Å². The Morgan fingerprint density at radius 1 is 0.659 bits per heavy atom. The van der Waals surface area contributed by atoms with Gasteiger partial charge in [-0.1, -0.05) is 50.2 Å². The second-order valence-corrected chi connectivity index (χ2v) is 12.2. The molecule has 0 spiro atoms. The third kappa shape index (κ3) is 8.69. The largest absolute Gasteiger partial charge is 0.494 e. The number of esters is 1. The van der Waals surface area contributed by atoms with Crippen LogP contribution in [0.15, 0.2) is 72.8 Å². The summed E-state index contributed by atoms with van der Waals surface area (Å²) in [4.78, 5) is 12.7. The molecule has 0 aromatic heterocycles. The monoisotopic (exact) mass is 602 g/mol. The fourth-order valence-corrected chi connectivity index (χ4v) is 5.26. The van der Waals surface area contributed by atoms with Crippen LogP contribution in [0.2, 0.25) is 0 Å². The molecule has 0 N–H and O–H groups in total. The smallest absolute Gasteiger partial charge is 0.343 e. The maximum atomic E-state index is 12.7. The minimum absolute atomic E-state index is 0.200. The first-order valence-electron chi connectivity index (χ1n) is 16.0. The molecule has 3 aromatic carbocycles. The molecule has 5 rings (SSSR count). The summed E-state index contributed by atoms with van der Waals surface area (Å²) >= 11 is 0. The third-order valence-electron chi connectivity index (χ3n) is 8.88. The minimum Gasteiger partial charge on any atom is -0.494 e. The molecule has 2 aliphatic heterocycles. The van der Waals surface area contributed by atoms with E-state index in [-0.39, 0.29) is 16.8 Å². The van der Waals surface area contributed by atoms with Crippen LogP contribution in [-0.4, -0.2) is 65.4 Å². The summed E-state index contributed by atoms with van der Waals surface area (Å²) < 4.78 is 34.0. The molecule has 0 atom stereocenters. The van der Waals surface area contributed by atoms with E-state index in [9.17, 15) is 4.79 Å². The topological polar surface area (TPSA) is 72.5 Å². The first-order valence-corrected chi connectivity index (χ1v) is 16.0. The molecule has 0 unspecified atom stereocenters. The lowest BCUT2D eigenvalue weighted by molar-refractivity contribution is -0.150. The summed E-state index contributed by atoms with van der Waals surface area (Å²) in [7, 11) is 0. The van der Waals surface area contributed by atoms with Gasteiger partial charge in [-0.25, -0.2) is 4.79 Å². The van der Waals surface area contributed by atoms with Crippen LogP contribution in [0.3, 0.4) is 0 Å². The van der Waals surface area contributed by atoms with Crippen LogP contribution in [0.4, 0.5) is 0 Å². The highest BCUT2D eigenvalue weighted by Gasteiger charge is 2.37. The number of carbonyl (C=O) groups is 1. The summed E-state index contributed by atoms with van der Waals surface area (Å²) in [5.41, 5.74) is 4.20. The number of unbranched alkanes of at least 4 members (excludes halogenated alkanes) is 1. The van der Waals surface area contributed by atoms with Crippen LogP contribution < -0.4 is 9.47 Å². The van der Waals surface area contributed by atoms with Gasteiger partial charge in [0, 0.05) is 17.4 Å². The van der Waals surface area contributed by atoms with E-state index in [1.54, 1.807) is 0 Å². The van der Waals surface area contributed by atoms with Crippen molar-refractivity contribution in [1.82, 2.24) is 0 Å². The number of rotatable bonds is 18. The second-order valence-electron chi connectivity index (χ2n) is 12.2. The van der Waals surface area contributed by atoms with Crippen LogP contribution in [0.5, 0.6) is 11.5 Å². The van der Waals surface area contributed by atoms with Gasteiger partial charge in [0.15, 0.2) is 0 Å². The summed E-state index contributed by atoms with van der Waals surface area (Å²) in [6, 6.07) is 23.2. The Morgan fingerprint density at radius 2 is 1.18 bits per heavy atom. The van der Waals surface area contributed by atoms with Crippen molar-refractivity contribution in [3.05, 3.63) is 83.9 Å². The van der Waals surface area contributed by atoms with E-state index >= 15 is 0 Å². The first kappa shape index (κ1) is 32.2. The molecule has 0 saturated carbocycles. The van der Waals surface area contributed by atoms with Crippen LogP contribution >= 0.6 is 0 Å². The molecule has 0 amide bonds. The Hall–Kier alpha value is -3.23. The second kappa shape index (κ2) is 15.7. The van der Waals surface area contributed by atoms with Gasteiger partial charge in [0.1, 0.15) is 11.5 Å². The molecule has 0 radical (unpaired) electrons. The number of hydrogen-bond donors (Lipinski definition) is 0. The van der Waals surface area contributed by atoms with Gasteiger partial charge in [-0.3, -0.25) is 0 Å². The lowest BCUT2D eigenvalue weighted by Crippen LogP contribution is -2.45. The molecule has 0 aliphatic carbocycles. The van der Waals surface area contributed by atoms with E-state index in [2.05, 4.69) is 13.8 Å². The minimum atomic E-state index is -0.374. The number of benzene rings is 3. The van der Waals surface area contributed by atoms with Crippen LogP contribution in [0.1, 0.15) is 55.5 Å². The molecule has 236 valence electrons. The molecule has 0 bridgehead atoms. The van der Waals surface area contributed by atoms with Crippen molar-refractivity contribution < 1.29 is 33.2 Å². The molecule has 2 saturated heterocycles. The highest BCUT2D eigenvalue weighted by atomic mass is 16.5.